The van der Waals surface area contributed by atoms with Crippen LogP contribution in [-0.2, 0) is 11.3 Å². The van der Waals surface area contributed by atoms with Crippen molar-refractivity contribution in [2.24, 2.45) is 5.92 Å². The Morgan fingerprint density at radius 3 is 2.65 bits per heavy atom. The van der Waals surface area contributed by atoms with Crippen LogP contribution < -0.4 is 10.6 Å². The lowest BCUT2D eigenvalue weighted by atomic mass is 9.97. The van der Waals surface area contributed by atoms with Crippen LogP contribution in [0.25, 0.3) is 0 Å². The lowest BCUT2D eigenvalue weighted by Gasteiger charge is -2.33. The van der Waals surface area contributed by atoms with Gasteiger partial charge in [-0.05, 0) is 80.6 Å². The highest BCUT2D eigenvalue weighted by atomic mass is 79.9. The smallest absolute Gasteiger partial charge is 0.410 e. The van der Waals surface area contributed by atoms with E-state index >= 15 is 0 Å². The highest BCUT2D eigenvalue weighted by Crippen LogP contribution is 2.21. The Morgan fingerprint density at radius 2 is 1.97 bits per heavy atom. The summed E-state index contributed by atoms with van der Waals surface area (Å²) in [6.07, 6.45) is 5.05. The second kappa shape index (κ2) is 10.4. The van der Waals surface area contributed by atoms with E-state index in [1.807, 2.05) is 44.7 Å². The summed E-state index contributed by atoms with van der Waals surface area (Å²) in [4.78, 5) is 27.0. The van der Waals surface area contributed by atoms with Crippen molar-refractivity contribution < 1.29 is 9.53 Å². The normalized spacial score (nSPS) is 15.1. The van der Waals surface area contributed by atoms with Gasteiger partial charge in [0.25, 0.3) is 0 Å². The maximum atomic E-state index is 12.2. The van der Waals surface area contributed by atoms with Gasteiger partial charge >= 0.3 is 6.09 Å². The third kappa shape index (κ3) is 7.43. The largest absolute Gasteiger partial charge is 0.444 e. The maximum Gasteiger partial charge on any atom is 0.410 e. The van der Waals surface area contributed by atoms with Crippen LogP contribution in [0.3, 0.4) is 0 Å². The molecule has 1 saturated heterocycles. The molecule has 0 aliphatic carbocycles. The number of anilines is 2. The van der Waals surface area contributed by atoms with Gasteiger partial charge in [-0.1, -0.05) is 0 Å². The van der Waals surface area contributed by atoms with Crippen molar-refractivity contribution in [3.05, 3.63) is 40.4 Å². The predicted molar refractivity (Wildman–Crippen MR) is 124 cm³/mol. The molecule has 1 fully saturated rings. The highest BCUT2D eigenvalue weighted by Gasteiger charge is 2.26. The zero-order valence-corrected chi connectivity index (χ0v) is 20.2. The number of carbonyl (C=O) groups is 1. The number of aromatic nitrogens is 3. The molecule has 3 rings (SSSR count). The van der Waals surface area contributed by atoms with Crippen LogP contribution in [0, 0.1) is 12.8 Å². The van der Waals surface area contributed by atoms with Crippen LogP contribution >= 0.6 is 15.9 Å². The van der Waals surface area contributed by atoms with Crippen LogP contribution in [0.2, 0.25) is 0 Å². The summed E-state index contributed by atoms with van der Waals surface area (Å²) >= 11 is 3.43. The average molecular weight is 491 g/mol. The first kappa shape index (κ1) is 23.4. The minimum atomic E-state index is -0.452. The van der Waals surface area contributed by atoms with E-state index in [9.17, 15) is 4.79 Å². The first-order valence-corrected chi connectivity index (χ1v) is 11.4. The average Bonchev–Trinajstić information content (AvgIpc) is 2.70. The number of hydrogen-bond acceptors (Lipinski definition) is 7. The van der Waals surface area contributed by atoms with E-state index < -0.39 is 5.60 Å². The minimum absolute atomic E-state index is 0.213. The van der Waals surface area contributed by atoms with Gasteiger partial charge in [0.05, 0.1) is 5.69 Å². The van der Waals surface area contributed by atoms with E-state index in [0.717, 1.165) is 59.8 Å². The third-order valence-electron chi connectivity index (χ3n) is 5.02. The van der Waals surface area contributed by atoms with Crippen LogP contribution in [0.15, 0.2) is 29.1 Å². The van der Waals surface area contributed by atoms with Crippen molar-refractivity contribution in [2.75, 3.05) is 25.0 Å². The number of likely N-dealkylation sites (tertiary alicyclic amines) is 1. The molecule has 0 aromatic carbocycles. The lowest BCUT2D eigenvalue weighted by Crippen LogP contribution is -2.43. The van der Waals surface area contributed by atoms with Crippen LogP contribution in [0.1, 0.15) is 44.9 Å². The lowest BCUT2D eigenvalue weighted by molar-refractivity contribution is 0.0184. The minimum Gasteiger partial charge on any atom is -0.444 e. The number of amides is 1. The molecule has 0 spiro atoms. The monoisotopic (exact) mass is 490 g/mol. The third-order valence-corrected chi connectivity index (χ3v) is 5.45. The summed E-state index contributed by atoms with van der Waals surface area (Å²) in [6, 6.07) is 3.94. The first-order chi connectivity index (χ1) is 14.7. The van der Waals surface area contributed by atoms with Crippen LogP contribution in [-0.4, -0.2) is 51.2 Å². The van der Waals surface area contributed by atoms with Crippen LogP contribution in [0.5, 0.6) is 0 Å². The van der Waals surface area contributed by atoms with E-state index in [0.29, 0.717) is 12.5 Å². The number of carbonyl (C=O) groups excluding carboxylic acids is 1. The topological polar surface area (TPSA) is 92.3 Å². The van der Waals surface area contributed by atoms with Gasteiger partial charge in [-0.2, -0.15) is 0 Å². The van der Waals surface area contributed by atoms with Gasteiger partial charge in [0.1, 0.15) is 23.6 Å². The Kier molecular flexibility index (Phi) is 7.83. The molecule has 2 N–H and O–H groups in total. The fourth-order valence-corrected chi connectivity index (χ4v) is 3.85. The Bertz CT molecular complexity index is 894. The van der Waals surface area contributed by atoms with Crippen LogP contribution in [0.4, 0.5) is 16.4 Å². The molecular weight excluding hydrogens is 460 g/mol. The molecule has 1 aliphatic rings. The molecule has 0 unspecified atom stereocenters. The first-order valence-electron chi connectivity index (χ1n) is 10.6. The predicted octanol–water partition coefficient (Wildman–Crippen LogP) is 4.42. The maximum absolute atomic E-state index is 12.2. The van der Waals surface area contributed by atoms with Gasteiger partial charge in [0, 0.05) is 36.4 Å². The van der Waals surface area contributed by atoms with E-state index in [1.54, 1.807) is 12.5 Å². The van der Waals surface area contributed by atoms with E-state index in [-0.39, 0.29) is 6.09 Å². The Balaban J connectivity index is 1.43. The number of nitrogens with one attached hydrogen (secondary N) is 2. The molecule has 0 radical (unpaired) electrons. The molecular formula is C22H31BrN6O2. The van der Waals surface area contributed by atoms with Crippen molar-refractivity contribution in [2.45, 2.75) is 52.7 Å². The molecule has 0 saturated carbocycles. The van der Waals surface area contributed by atoms with E-state index in [4.69, 9.17) is 4.74 Å². The molecule has 0 bridgehead atoms. The Labute approximate surface area is 192 Å². The molecule has 2 aromatic heterocycles. The molecule has 3 heterocycles. The standard InChI is InChI=1S/C22H31BrN6O2/c1-15-9-17(23)12-25-20(15)28-19-10-18(26-14-27-19)13-24-11-16-5-7-29(8-6-16)21(30)31-22(2,3)4/h9-10,12,14,16,24H,5-8,11,13H2,1-4H3,(H,25,26,27,28). The van der Waals surface area contributed by atoms with Gasteiger partial charge in [0.15, 0.2) is 0 Å². The molecule has 1 aliphatic heterocycles. The zero-order chi connectivity index (χ0) is 22.4. The summed E-state index contributed by atoms with van der Waals surface area (Å²) in [5.74, 6) is 2.03. The number of halogens is 1. The number of ether oxygens (including phenoxy) is 1. The highest BCUT2D eigenvalue weighted by molar-refractivity contribution is 9.10. The number of piperidine rings is 1. The summed E-state index contributed by atoms with van der Waals surface area (Å²) in [5, 5.41) is 6.74. The molecule has 168 valence electrons. The summed E-state index contributed by atoms with van der Waals surface area (Å²) in [7, 11) is 0. The molecule has 2 aromatic rings. The summed E-state index contributed by atoms with van der Waals surface area (Å²) < 4.78 is 6.41. The van der Waals surface area contributed by atoms with Crippen molar-refractivity contribution in [1.82, 2.24) is 25.2 Å². The van der Waals surface area contributed by atoms with Gasteiger partial charge in [-0.3, -0.25) is 0 Å². The number of hydrogen-bond donors (Lipinski definition) is 2. The number of aryl methyl sites for hydroxylation is 1. The van der Waals surface area contributed by atoms with Gasteiger partial charge in [-0.15, -0.1) is 0 Å². The van der Waals surface area contributed by atoms with Gasteiger partial charge < -0.3 is 20.3 Å². The second-order valence-electron chi connectivity index (χ2n) is 8.88. The summed E-state index contributed by atoms with van der Waals surface area (Å²) in [6.45, 7) is 10.7. The fraction of sp³-hybridized carbons (Fsp3) is 0.545. The molecule has 0 atom stereocenters. The quantitative estimate of drug-likeness (QED) is 0.618. The fourth-order valence-electron chi connectivity index (χ4n) is 3.41. The summed E-state index contributed by atoms with van der Waals surface area (Å²) in [5.41, 5.74) is 1.50. The van der Waals surface area contributed by atoms with E-state index in [1.165, 1.54) is 0 Å². The zero-order valence-electron chi connectivity index (χ0n) is 18.6. The van der Waals surface area contributed by atoms with Gasteiger partial charge in [-0.25, -0.2) is 19.7 Å². The molecule has 31 heavy (non-hydrogen) atoms. The van der Waals surface area contributed by atoms with E-state index in [2.05, 4.69) is 41.5 Å². The number of rotatable bonds is 6. The van der Waals surface area contributed by atoms with Crippen molar-refractivity contribution in [3.63, 3.8) is 0 Å². The molecule has 9 heteroatoms. The number of nitrogens with zero attached hydrogens (tertiary/aromatic N) is 4. The SMILES string of the molecule is Cc1cc(Br)cnc1Nc1cc(CNCC2CCN(C(=O)OC(C)(C)C)CC2)ncn1. The van der Waals surface area contributed by atoms with Crippen molar-refractivity contribution in [3.8, 4) is 0 Å². The molecule has 8 nitrogen and oxygen atoms in total. The Hall–Kier alpha value is -2.26. The second-order valence-corrected chi connectivity index (χ2v) is 9.80. The number of pyridine rings is 1. The van der Waals surface area contributed by atoms with Crippen molar-refractivity contribution >= 4 is 33.7 Å². The molecule has 1 amide bonds. The van der Waals surface area contributed by atoms with Gasteiger partial charge in [0.2, 0.25) is 0 Å². The Morgan fingerprint density at radius 1 is 1.23 bits per heavy atom. The van der Waals surface area contributed by atoms with Crippen molar-refractivity contribution in [1.29, 1.82) is 0 Å².